The van der Waals surface area contributed by atoms with Gasteiger partial charge >= 0.3 is 6.03 Å². The van der Waals surface area contributed by atoms with E-state index in [0.717, 1.165) is 0 Å². The van der Waals surface area contributed by atoms with E-state index in [1.54, 1.807) is 24.3 Å². The Hall–Kier alpha value is -5.23. The molecule has 4 rings (SSSR count). The molecule has 2 amide bonds. The van der Waals surface area contributed by atoms with Gasteiger partial charge in [0.15, 0.2) is 0 Å². The number of hydrogen-bond donors (Lipinski definition) is 4. The molecule has 0 saturated carbocycles. The Kier molecular flexibility index (Phi) is 9.64. The van der Waals surface area contributed by atoms with Crippen molar-refractivity contribution in [1.29, 1.82) is 0 Å². The molecule has 0 bridgehead atoms. The van der Waals surface area contributed by atoms with Crippen LogP contribution in [0.25, 0.3) is 0 Å². The molecule has 17 heteroatoms. The molecule has 0 aliphatic carbocycles. The molecular weight excluding hydrogens is 616 g/mol. The fourth-order valence-corrected chi connectivity index (χ4v) is 4.53. The Balaban J connectivity index is 1.41. The third-order valence-electron chi connectivity index (χ3n) is 5.70. The maximum absolute atomic E-state index is 12.8. The minimum absolute atomic E-state index is 0.268. The SMILES string of the molecule is COc1cc(N=Nc2ccc(S(=O)(=O)O)cc2)ccc1NC(=O)Nc1ccc(N=Nc2ccc(S(=O)(=O)O)cc2)cc1OC. The maximum atomic E-state index is 12.8. The standard InChI is InChI=1S/C27H24N6O9S2/c1-41-25-15-19(32-30-17-3-9-21(10-4-17)43(35,36)37)7-13-23(25)28-27(34)29-24-14-8-20(16-26(24)42-2)33-31-18-5-11-22(12-6-18)44(38,39)40/h3-16H,1-2H3,(H2,28,29,34)(H,35,36,37)(H,38,39,40). The number of hydrogen-bond acceptors (Lipinski definition) is 11. The van der Waals surface area contributed by atoms with Gasteiger partial charge in [0.2, 0.25) is 0 Å². The molecule has 228 valence electrons. The summed E-state index contributed by atoms with van der Waals surface area (Å²) in [5.41, 5.74) is 2.10. The number of methoxy groups -OCH3 is 2. The molecule has 0 aliphatic heterocycles. The van der Waals surface area contributed by atoms with Gasteiger partial charge in [-0.15, -0.1) is 0 Å². The lowest BCUT2D eigenvalue weighted by Crippen LogP contribution is -2.20. The van der Waals surface area contributed by atoms with E-state index in [2.05, 4.69) is 31.1 Å². The zero-order valence-electron chi connectivity index (χ0n) is 22.9. The van der Waals surface area contributed by atoms with E-state index in [-0.39, 0.29) is 21.3 Å². The molecule has 4 N–H and O–H groups in total. The average molecular weight is 641 g/mol. The smallest absolute Gasteiger partial charge is 0.323 e. The van der Waals surface area contributed by atoms with E-state index in [1.165, 1.54) is 74.9 Å². The van der Waals surface area contributed by atoms with E-state index in [4.69, 9.17) is 18.6 Å². The lowest BCUT2D eigenvalue weighted by atomic mass is 10.2. The second-order valence-corrected chi connectivity index (χ2v) is 11.5. The number of ether oxygens (including phenoxy) is 2. The molecule has 0 radical (unpaired) electrons. The van der Waals surface area contributed by atoms with Gasteiger partial charge in [0.25, 0.3) is 20.2 Å². The highest BCUT2D eigenvalue weighted by Crippen LogP contribution is 2.33. The highest BCUT2D eigenvalue weighted by molar-refractivity contribution is 7.86. The normalized spacial score (nSPS) is 11.9. The Morgan fingerprint density at radius 2 is 0.886 bits per heavy atom. The number of carbonyl (C=O) groups excluding carboxylic acids is 1. The summed E-state index contributed by atoms with van der Waals surface area (Å²) in [6, 6.07) is 19.0. The highest BCUT2D eigenvalue weighted by Gasteiger charge is 2.13. The number of anilines is 2. The molecule has 0 atom stereocenters. The first-order valence-corrected chi connectivity index (χ1v) is 15.2. The van der Waals surface area contributed by atoms with Crippen LogP contribution in [0.3, 0.4) is 0 Å². The summed E-state index contributed by atoms with van der Waals surface area (Å²) >= 11 is 0. The van der Waals surface area contributed by atoms with Crippen LogP contribution in [0.5, 0.6) is 11.5 Å². The first-order chi connectivity index (χ1) is 20.9. The third-order valence-corrected chi connectivity index (χ3v) is 7.43. The lowest BCUT2D eigenvalue weighted by molar-refractivity contribution is 0.262. The predicted molar refractivity (Wildman–Crippen MR) is 159 cm³/mol. The van der Waals surface area contributed by atoms with E-state index < -0.39 is 26.3 Å². The van der Waals surface area contributed by atoms with E-state index in [0.29, 0.717) is 34.1 Å². The molecule has 0 aromatic heterocycles. The van der Waals surface area contributed by atoms with Crippen LogP contribution in [0.4, 0.5) is 38.9 Å². The van der Waals surface area contributed by atoms with Gasteiger partial charge in [-0.2, -0.15) is 37.3 Å². The van der Waals surface area contributed by atoms with Crippen molar-refractivity contribution >= 4 is 60.4 Å². The molecule has 0 fully saturated rings. The van der Waals surface area contributed by atoms with Gasteiger partial charge in [0.1, 0.15) is 11.5 Å². The van der Waals surface area contributed by atoms with Crippen molar-refractivity contribution in [1.82, 2.24) is 0 Å². The van der Waals surface area contributed by atoms with Gasteiger partial charge in [-0.05, 0) is 72.8 Å². The summed E-state index contributed by atoms with van der Waals surface area (Å²) in [5.74, 6) is 0.566. The average Bonchev–Trinajstić information content (AvgIpc) is 2.99. The molecule has 4 aromatic carbocycles. The summed E-state index contributed by atoms with van der Waals surface area (Å²) in [5, 5.41) is 21.6. The number of carbonyl (C=O) groups is 1. The second-order valence-electron chi connectivity index (χ2n) is 8.69. The number of urea groups is 1. The van der Waals surface area contributed by atoms with Crippen molar-refractivity contribution in [3.63, 3.8) is 0 Å². The minimum Gasteiger partial charge on any atom is -0.494 e. The molecule has 44 heavy (non-hydrogen) atoms. The summed E-state index contributed by atoms with van der Waals surface area (Å²) in [4.78, 5) is 12.2. The second kappa shape index (κ2) is 13.4. The molecule has 0 saturated heterocycles. The van der Waals surface area contributed by atoms with Gasteiger partial charge in [0, 0.05) is 12.1 Å². The Morgan fingerprint density at radius 3 is 1.20 bits per heavy atom. The van der Waals surface area contributed by atoms with Crippen molar-refractivity contribution < 1.29 is 40.2 Å². The summed E-state index contributed by atoms with van der Waals surface area (Å²) in [6.07, 6.45) is 0. The lowest BCUT2D eigenvalue weighted by Gasteiger charge is -2.13. The highest BCUT2D eigenvalue weighted by atomic mass is 32.2. The summed E-state index contributed by atoms with van der Waals surface area (Å²) < 4.78 is 73.5. The van der Waals surface area contributed by atoms with Crippen LogP contribution < -0.4 is 20.1 Å². The number of amides is 2. The molecular formula is C27H24N6O9S2. The zero-order chi connectivity index (χ0) is 31.9. The van der Waals surface area contributed by atoms with E-state index >= 15 is 0 Å². The van der Waals surface area contributed by atoms with Gasteiger partial charge in [-0.1, -0.05) is 0 Å². The van der Waals surface area contributed by atoms with Crippen LogP contribution in [0, 0.1) is 0 Å². The molecule has 0 aliphatic rings. The molecule has 0 heterocycles. The fourth-order valence-electron chi connectivity index (χ4n) is 3.57. The topological polar surface area (TPSA) is 218 Å². The van der Waals surface area contributed by atoms with Crippen LogP contribution in [0.2, 0.25) is 0 Å². The van der Waals surface area contributed by atoms with E-state index in [9.17, 15) is 21.6 Å². The summed E-state index contributed by atoms with van der Waals surface area (Å²) in [7, 11) is -5.82. The van der Waals surface area contributed by atoms with Crippen molar-refractivity contribution in [2.24, 2.45) is 20.5 Å². The summed E-state index contributed by atoms with van der Waals surface area (Å²) in [6.45, 7) is 0. The number of nitrogens with one attached hydrogen (secondary N) is 2. The molecule has 15 nitrogen and oxygen atoms in total. The number of azo groups is 2. The quantitative estimate of drug-likeness (QED) is 0.107. The van der Waals surface area contributed by atoms with Gasteiger partial charge in [0.05, 0.1) is 58.1 Å². The third kappa shape index (κ3) is 8.42. The zero-order valence-corrected chi connectivity index (χ0v) is 24.6. The molecule has 0 spiro atoms. The Bertz CT molecular complexity index is 1810. The molecule has 4 aromatic rings. The number of rotatable bonds is 10. The minimum atomic E-state index is -4.32. The number of benzene rings is 4. The van der Waals surface area contributed by atoms with Gasteiger partial charge in [-0.25, -0.2) is 4.79 Å². The van der Waals surface area contributed by atoms with Crippen LogP contribution in [-0.2, 0) is 20.2 Å². The van der Waals surface area contributed by atoms with Crippen molar-refractivity contribution in [2.45, 2.75) is 9.79 Å². The van der Waals surface area contributed by atoms with Gasteiger partial charge < -0.3 is 20.1 Å². The van der Waals surface area contributed by atoms with Crippen LogP contribution >= 0.6 is 0 Å². The molecule has 0 unspecified atom stereocenters. The Labute approximate surface area is 251 Å². The van der Waals surface area contributed by atoms with Crippen molar-refractivity contribution in [3.05, 3.63) is 84.9 Å². The number of nitrogens with zero attached hydrogens (tertiary/aromatic N) is 4. The van der Waals surface area contributed by atoms with Crippen molar-refractivity contribution in [3.8, 4) is 11.5 Å². The van der Waals surface area contributed by atoms with Crippen LogP contribution in [0.15, 0.2) is 115 Å². The monoisotopic (exact) mass is 640 g/mol. The van der Waals surface area contributed by atoms with Gasteiger partial charge in [-0.3, -0.25) is 9.11 Å². The first kappa shape index (κ1) is 31.7. The maximum Gasteiger partial charge on any atom is 0.323 e. The van der Waals surface area contributed by atoms with Crippen molar-refractivity contribution in [2.75, 3.05) is 24.9 Å². The largest absolute Gasteiger partial charge is 0.494 e. The first-order valence-electron chi connectivity index (χ1n) is 12.3. The van der Waals surface area contributed by atoms with E-state index in [1.807, 2.05) is 0 Å². The Morgan fingerprint density at radius 1 is 0.568 bits per heavy atom. The van der Waals surface area contributed by atoms with Crippen LogP contribution in [-0.4, -0.2) is 46.2 Å². The fraction of sp³-hybridized carbons (Fsp3) is 0.0741. The van der Waals surface area contributed by atoms with Crippen LogP contribution in [0.1, 0.15) is 0 Å². The predicted octanol–water partition coefficient (Wildman–Crippen LogP) is 6.67.